The molecule has 0 fully saturated rings. The number of fused-ring (bicyclic) bond motifs is 1. The Labute approximate surface area is 106 Å². The van der Waals surface area contributed by atoms with Crippen LogP contribution in [0.25, 0.3) is 0 Å². The van der Waals surface area contributed by atoms with Gasteiger partial charge in [0, 0.05) is 12.8 Å². The van der Waals surface area contributed by atoms with Crippen molar-refractivity contribution in [2.24, 2.45) is 0 Å². The molecule has 0 saturated carbocycles. The predicted molar refractivity (Wildman–Crippen MR) is 68.3 cm³/mol. The highest BCUT2D eigenvalue weighted by molar-refractivity contribution is 5.24. The van der Waals surface area contributed by atoms with Crippen LogP contribution in [0.1, 0.15) is 29.2 Å². The van der Waals surface area contributed by atoms with E-state index >= 15 is 0 Å². The van der Waals surface area contributed by atoms with Crippen LogP contribution in [0.5, 0.6) is 0 Å². The van der Waals surface area contributed by atoms with Crippen LogP contribution >= 0.6 is 0 Å². The van der Waals surface area contributed by atoms with Gasteiger partial charge in [0.2, 0.25) is 0 Å². The fourth-order valence-corrected chi connectivity index (χ4v) is 2.42. The fourth-order valence-electron chi connectivity index (χ4n) is 2.42. The lowest BCUT2D eigenvalue weighted by molar-refractivity contribution is 0.124. The molecule has 1 atom stereocenters. The van der Waals surface area contributed by atoms with E-state index in [4.69, 9.17) is 0 Å². The molecule has 2 heterocycles. The Bertz CT molecular complexity index is 562. The van der Waals surface area contributed by atoms with Gasteiger partial charge in [-0.2, -0.15) is 5.10 Å². The summed E-state index contributed by atoms with van der Waals surface area (Å²) in [5.74, 6) is 1.85. The van der Waals surface area contributed by atoms with Crippen molar-refractivity contribution in [3.63, 3.8) is 0 Å². The van der Waals surface area contributed by atoms with Gasteiger partial charge in [-0.1, -0.05) is 29.8 Å². The standard InChI is InChI=1S/C14H17N3O/c1-10-3-2-4-11(7-10)8-13-15-14-6-5-12(18)9-17(14)16-13/h2-4,7,12,18H,5-6,8-9H2,1H3. The number of aliphatic hydroxyl groups is 1. The molecule has 1 aromatic carbocycles. The van der Waals surface area contributed by atoms with E-state index in [1.165, 1.54) is 11.1 Å². The first-order chi connectivity index (χ1) is 8.70. The van der Waals surface area contributed by atoms with E-state index in [0.29, 0.717) is 6.54 Å². The first-order valence-corrected chi connectivity index (χ1v) is 6.37. The molecule has 0 bridgehead atoms. The van der Waals surface area contributed by atoms with Gasteiger partial charge in [0.05, 0.1) is 12.6 Å². The molecule has 0 spiro atoms. The Balaban J connectivity index is 1.82. The summed E-state index contributed by atoms with van der Waals surface area (Å²) in [6, 6.07) is 8.41. The molecule has 0 amide bonds. The van der Waals surface area contributed by atoms with E-state index in [9.17, 15) is 5.11 Å². The minimum Gasteiger partial charge on any atom is -0.391 e. The number of aliphatic hydroxyl groups excluding tert-OH is 1. The maximum absolute atomic E-state index is 9.60. The zero-order valence-corrected chi connectivity index (χ0v) is 10.5. The third-order valence-corrected chi connectivity index (χ3v) is 3.32. The lowest BCUT2D eigenvalue weighted by Gasteiger charge is -2.16. The Hall–Kier alpha value is -1.68. The number of aryl methyl sites for hydroxylation is 2. The Morgan fingerprint density at radius 2 is 2.33 bits per heavy atom. The highest BCUT2D eigenvalue weighted by Gasteiger charge is 2.19. The molecular formula is C14H17N3O. The van der Waals surface area contributed by atoms with Crippen LogP contribution in [0, 0.1) is 6.92 Å². The largest absolute Gasteiger partial charge is 0.391 e. The zero-order valence-electron chi connectivity index (χ0n) is 10.5. The van der Waals surface area contributed by atoms with Crippen molar-refractivity contribution in [2.75, 3.05) is 0 Å². The summed E-state index contributed by atoms with van der Waals surface area (Å²) < 4.78 is 1.85. The molecule has 1 unspecified atom stereocenters. The third-order valence-electron chi connectivity index (χ3n) is 3.32. The van der Waals surface area contributed by atoms with Crippen LogP contribution in [0.4, 0.5) is 0 Å². The smallest absolute Gasteiger partial charge is 0.155 e. The van der Waals surface area contributed by atoms with Crippen molar-refractivity contribution < 1.29 is 5.11 Å². The van der Waals surface area contributed by atoms with Crippen molar-refractivity contribution in [1.82, 2.24) is 14.8 Å². The van der Waals surface area contributed by atoms with Crippen LogP contribution in [-0.2, 0) is 19.4 Å². The molecule has 4 nitrogen and oxygen atoms in total. The van der Waals surface area contributed by atoms with Crippen LogP contribution in [0.2, 0.25) is 0 Å². The van der Waals surface area contributed by atoms with E-state index < -0.39 is 0 Å². The van der Waals surface area contributed by atoms with Crippen LogP contribution < -0.4 is 0 Å². The zero-order chi connectivity index (χ0) is 12.5. The first kappa shape index (κ1) is 11.4. The molecule has 0 radical (unpaired) electrons. The third kappa shape index (κ3) is 2.29. The Kier molecular flexibility index (Phi) is 2.88. The number of hydrogen-bond acceptors (Lipinski definition) is 3. The van der Waals surface area contributed by atoms with Gasteiger partial charge in [0.25, 0.3) is 0 Å². The van der Waals surface area contributed by atoms with E-state index in [2.05, 4.69) is 41.3 Å². The van der Waals surface area contributed by atoms with Gasteiger partial charge in [-0.15, -0.1) is 0 Å². The summed E-state index contributed by atoms with van der Waals surface area (Å²) in [6.07, 6.45) is 2.11. The van der Waals surface area contributed by atoms with Crippen LogP contribution in [0.15, 0.2) is 24.3 Å². The Morgan fingerprint density at radius 1 is 1.44 bits per heavy atom. The maximum atomic E-state index is 9.60. The number of benzene rings is 1. The average Bonchev–Trinajstić information content (AvgIpc) is 2.70. The fraction of sp³-hybridized carbons (Fsp3) is 0.429. The minimum absolute atomic E-state index is 0.272. The number of rotatable bonds is 2. The molecule has 4 heteroatoms. The van der Waals surface area contributed by atoms with Crippen LogP contribution in [0.3, 0.4) is 0 Å². The molecule has 94 valence electrons. The second-order valence-electron chi connectivity index (χ2n) is 4.98. The summed E-state index contributed by atoms with van der Waals surface area (Å²) in [7, 11) is 0. The van der Waals surface area contributed by atoms with Crippen molar-refractivity contribution in [1.29, 1.82) is 0 Å². The molecule has 0 aliphatic carbocycles. The van der Waals surface area contributed by atoms with Gasteiger partial charge in [-0.25, -0.2) is 9.67 Å². The van der Waals surface area contributed by atoms with E-state index in [1.807, 2.05) is 4.68 Å². The van der Waals surface area contributed by atoms with Crippen molar-refractivity contribution in [2.45, 2.75) is 38.8 Å². The monoisotopic (exact) mass is 243 g/mol. The molecule has 1 aromatic heterocycles. The lowest BCUT2D eigenvalue weighted by atomic mass is 10.1. The minimum atomic E-state index is -0.272. The van der Waals surface area contributed by atoms with Gasteiger partial charge in [0.15, 0.2) is 5.82 Å². The highest BCUT2D eigenvalue weighted by atomic mass is 16.3. The topological polar surface area (TPSA) is 50.9 Å². The van der Waals surface area contributed by atoms with E-state index in [-0.39, 0.29) is 6.10 Å². The SMILES string of the molecule is Cc1cccc(Cc2nc3n(n2)CC(O)CC3)c1. The molecule has 1 aliphatic heterocycles. The van der Waals surface area contributed by atoms with Gasteiger partial charge in [-0.05, 0) is 18.9 Å². The summed E-state index contributed by atoms with van der Waals surface area (Å²) in [6.45, 7) is 2.67. The highest BCUT2D eigenvalue weighted by Crippen LogP contribution is 2.15. The second kappa shape index (κ2) is 4.53. The number of nitrogens with zero attached hydrogens (tertiary/aromatic N) is 3. The van der Waals surface area contributed by atoms with Gasteiger partial charge in [0.1, 0.15) is 5.82 Å². The van der Waals surface area contributed by atoms with E-state index in [1.54, 1.807) is 0 Å². The first-order valence-electron chi connectivity index (χ1n) is 6.37. The summed E-state index contributed by atoms with van der Waals surface area (Å²) in [4.78, 5) is 4.55. The van der Waals surface area contributed by atoms with Gasteiger partial charge in [-0.3, -0.25) is 0 Å². The molecular weight excluding hydrogens is 226 g/mol. The molecule has 1 aliphatic rings. The lowest BCUT2D eigenvalue weighted by Crippen LogP contribution is -2.25. The molecule has 0 saturated heterocycles. The summed E-state index contributed by atoms with van der Waals surface area (Å²) in [5, 5.41) is 14.1. The maximum Gasteiger partial charge on any atom is 0.155 e. The molecule has 1 N–H and O–H groups in total. The van der Waals surface area contributed by atoms with Crippen molar-refractivity contribution in [3.05, 3.63) is 47.0 Å². The summed E-state index contributed by atoms with van der Waals surface area (Å²) in [5.41, 5.74) is 2.49. The molecule has 2 aromatic rings. The summed E-state index contributed by atoms with van der Waals surface area (Å²) >= 11 is 0. The number of aromatic nitrogens is 3. The quantitative estimate of drug-likeness (QED) is 0.869. The molecule has 3 rings (SSSR count). The van der Waals surface area contributed by atoms with Gasteiger partial charge < -0.3 is 5.11 Å². The van der Waals surface area contributed by atoms with Crippen LogP contribution in [-0.4, -0.2) is 26.0 Å². The normalized spacial score (nSPS) is 18.7. The average molecular weight is 243 g/mol. The van der Waals surface area contributed by atoms with E-state index in [0.717, 1.165) is 30.9 Å². The van der Waals surface area contributed by atoms with Crippen molar-refractivity contribution >= 4 is 0 Å². The second-order valence-corrected chi connectivity index (χ2v) is 4.98. The predicted octanol–water partition coefficient (Wildman–Crippen LogP) is 1.48. The van der Waals surface area contributed by atoms with Gasteiger partial charge >= 0.3 is 0 Å². The van der Waals surface area contributed by atoms with Crippen molar-refractivity contribution in [3.8, 4) is 0 Å². The number of hydrogen-bond donors (Lipinski definition) is 1. The molecule has 18 heavy (non-hydrogen) atoms. The Morgan fingerprint density at radius 3 is 3.17 bits per heavy atom.